The summed E-state index contributed by atoms with van der Waals surface area (Å²) in [6.45, 7) is 8.81. The number of nitrogens with zero attached hydrogens (tertiary/aromatic N) is 1. The summed E-state index contributed by atoms with van der Waals surface area (Å²) in [4.78, 5) is 13.1. The summed E-state index contributed by atoms with van der Waals surface area (Å²) in [5.74, 6) is -0.219. The molecule has 1 amide bonds. The van der Waals surface area contributed by atoms with E-state index in [9.17, 15) is 9.90 Å². The van der Waals surface area contributed by atoms with Gasteiger partial charge in [-0.25, -0.2) is 0 Å². The van der Waals surface area contributed by atoms with Gasteiger partial charge < -0.3 is 10.4 Å². The van der Waals surface area contributed by atoms with Gasteiger partial charge in [-0.1, -0.05) is 13.5 Å². The number of nitrogens with one attached hydrogen (secondary N) is 1. The van der Waals surface area contributed by atoms with Crippen LogP contribution in [0.4, 0.5) is 0 Å². The van der Waals surface area contributed by atoms with Gasteiger partial charge in [0.05, 0.1) is 6.04 Å². The fourth-order valence-corrected chi connectivity index (χ4v) is 1.22. The van der Waals surface area contributed by atoms with Gasteiger partial charge in [0.1, 0.15) is 5.72 Å². The highest BCUT2D eigenvalue weighted by atomic mass is 16.3. The Morgan fingerprint density at radius 3 is 2.33 bits per heavy atom. The Kier molecular flexibility index (Phi) is 4.97. The highest BCUT2D eigenvalue weighted by Crippen LogP contribution is 2.15. The van der Waals surface area contributed by atoms with Crippen LogP contribution in [0.5, 0.6) is 0 Å². The van der Waals surface area contributed by atoms with Gasteiger partial charge in [0, 0.05) is 5.57 Å². The minimum absolute atomic E-state index is 0.219. The van der Waals surface area contributed by atoms with E-state index in [0.29, 0.717) is 12.0 Å². The van der Waals surface area contributed by atoms with Crippen molar-refractivity contribution in [2.75, 3.05) is 14.1 Å². The van der Waals surface area contributed by atoms with E-state index in [2.05, 4.69) is 11.9 Å². The number of hydrogen-bond acceptors (Lipinski definition) is 3. The summed E-state index contributed by atoms with van der Waals surface area (Å²) >= 11 is 0. The first-order valence-electron chi connectivity index (χ1n) is 5.09. The molecule has 0 bridgehead atoms. The van der Waals surface area contributed by atoms with E-state index in [4.69, 9.17) is 0 Å². The Hall–Kier alpha value is -0.870. The van der Waals surface area contributed by atoms with Gasteiger partial charge in [-0.2, -0.15) is 0 Å². The van der Waals surface area contributed by atoms with Crippen molar-refractivity contribution >= 4 is 5.91 Å². The molecule has 0 heterocycles. The van der Waals surface area contributed by atoms with Gasteiger partial charge in [-0.05, 0) is 34.4 Å². The Bertz CT molecular complexity index is 247. The van der Waals surface area contributed by atoms with Gasteiger partial charge in [0.25, 0.3) is 0 Å². The molecule has 2 atom stereocenters. The van der Waals surface area contributed by atoms with Crippen molar-refractivity contribution in [3.63, 3.8) is 0 Å². The second-order valence-corrected chi connectivity index (χ2v) is 4.20. The first kappa shape index (κ1) is 14.1. The van der Waals surface area contributed by atoms with Crippen molar-refractivity contribution < 1.29 is 9.90 Å². The minimum Gasteiger partial charge on any atom is -0.374 e. The summed E-state index contributed by atoms with van der Waals surface area (Å²) in [6, 6.07) is -0.309. The zero-order chi connectivity index (χ0) is 12.2. The summed E-state index contributed by atoms with van der Waals surface area (Å²) in [5.41, 5.74) is -0.608. The molecule has 0 aliphatic heterocycles. The Morgan fingerprint density at radius 1 is 1.60 bits per heavy atom. The molecule has 2 unspecified atom stereocenters. The van der Waals surface area contributed by atoms with E-state index >= 15 is 0 Å². The smallest absolute Gasteiger partial charge is 0.246 e. The molecule has 88 valence electrons. The maximum absolute atomic E-state index is 11.4. The van der Waals surface area contributed by atoms with Crippen LogP contribution in [0, 0.1) is 0 Å². The topological polar surface area (TPSA) is 52.6 Å². The number of rotatable bonds is 5. The van der Waals surface area contributed by atoms with Crippen molar-refractivity contribution in [1.29, 1.82) is 0 Å². The monoisotopic (exact) mass is 214 g/mol. The highest BCUT2D eigenvalue weighted by Gasteiger charge is 2.33. The summed E-state index contributed by atoms with van der Waals surface area (Å²) in [5, 5.41) is 12.9. The average molecular weight is 214 g/mol. The third-order valence-corrected chi connectivity index (χ3v) is 2.67. The lowest BCUT2D eigenvalue weighted by atomic mass is 10.0. The molecule has 0 saturated heterocycles. The van der Waals surface area contributed by atoms with Crippen LogP contribution in [-0.4, -0.2) is 41.8 Å². The molecule has 0 spiro atoms. The first-order valence-corrected chi connectivity index (χ1v) is 5.09. The molecule has 0 aliphatic carbocycles. The molecule has 0 rings (SSSR count). The average Bonchev–Trinajstić information content (AvgIpc) is 2.12. The van der Waals surface area contributed by atoms with E-state index in [1.54, 1.807) is 32.8 Å². The quantitative estimate of drug-likeness (QED) is 0.524. The van der Waals surface area contributed by atoms with Crippen molar-refractivity contribution in [3.05, 3.63) is 12.2 Å². The number of aliphatic hydroxyl groups is 1. The third kappa shape index (κ3) is 3.64. The van der Waals surface area contributed by atoms with Gasteiger partial charge >= 0.3 is 0 Å². The van der Waals surface area contributed by atoms with Crippen LogP contribution in [0.2, 0.25) is 0 Å². The second-order valence-electron chi connectivity index (χ2n) is 4.20. The molecule has 4 nitrogen and oxygen atoms in total. The molecule has 4 heteroatoms. The van der Waals surface area contributed by atoms with E-state index in [1.165, 1.54) is 0 Å². The maximum Gasteiger partial charge on any atom is 0.246 e. The number of amides is 1. The van der Waals surface area contributed by atoms with E-state index in [-0.39, 0.29) is 11.9 Å². The van der Waals surface area contributed by atoms with Crippen LogP contribution in [0.3, 0.4) is 0 Å². The molecular formula is C11H22N2O2. The van der Waals surface area contributed by atoms with Gasteiger partial charge in [0.15, 0.2) is 0 Å². The maximum atomic E-state index is 11.4. The largest absolute Gasteiger partial charge is 0.374 e. The zero-order valence-electron chi connectivity index (χ0n) is 10.3. The third-order valence-electron chi connectivity index (χ3n) is 2.67. The fourth-order valence-electron chi connectivity index (χ4n) is 1.22. The lowest BCUT2D eigenvalue weighted by Crippen LogP contribution is -2.58. The highest BCUT2D eigenvalue weighted by molar-refractivity contribution is 5.92. The molecule has 0 saturated carbocycles. The minimum atomic E-state index is -1.06. The molecule has 0 aliphatic rings. The van der Waals surface area contributed by atoms with Crippen LogP contribution in [0.15, 0.2) is 12.2 Å². The van der Waals surface area contributed by atoms with Gasteiger partial charge in [0.2, 0.25) is 5.91 Å². The Labute approximate surface area is 92.0 Å². The summed E-state index contributed by atoms with van der Waals surface area (Å²) in [7, 11) is 3.55. The second kappa shape index (κ2) is 5.28. The lowest BCUT2D eigenvalue weighted by molar-refractivity contribution is -0.127. The van der Waals surface area contributed by atoms with Crippen LogP contribution < -0.4 is 5.32 Å². The van der Waals surface area contributed by atoms with Crippen LogP contribution in [-0.2, 0) is 4.79 Å². The molecule has 2 N–H and O–H groups in total. The van der Waals surface area contributed by atoms with Crippen LogP contribution in [0.25, 0.3) is 0 Å². The lowest BCUT2D eigenvalue weighted by Gasteiger charge is -2.38. The van der Waals surface area contributed by atoms with Gasteiger partial charge in [-0.15, -0.1) is 0 Å². The van der Waals surface area contributed by atoms with Crippen molar-refractivity contribution in [3.8, 4) is 0 Å². The molecule has 15 heavy (non-hydrogen) atoms. The van der Waals surface area contributed by atoms with Crippen LogP contribution >= 0.6 is 0 Å². The first-order chi connectivity index (χ1) is 6.73. The summed E-state index contributed by atoms with van der Waals surface area (Å²) < 4.78 is 0. The SMILES string of the molecule is C=C(C)C(=O)NC(CC)C(C)(O)N(C)C. The van der Waals surface area contributed by atoms with Crippen molar-refractivity contribution in [2.24, 2.45) is 0 Å². The molecule has 0 aromatic heterocycles. The number of carbonyl (C=O) groups is 1. The van der Waals surface area contributed by atoms with E-state index in [0.717, 1.165) is 0 Å². The summed E-state index contributed by atoms with van der Waals surface area (Å²) in [6.07, 6.45) is 0.657. The standard InChI is InChI=1S/C11H22N2O2/c1-7-9(11(4,15)13(5)6)12-10(14)8(2)3/h9,15H,2,7H2,1,3-6H3,(H,12,14). The molecule has 0 radical (unpaired) electrons. The zero-order valence-corrected chi connectivity index (χ0v) is 10.3. The molecule has 0 aromatic rings. The molecule has 0 aromatic carbocycles. The predicted octanol–water partition coefficient (Wildman–Crippen LogP) is 0.727. The Morgan fingerprint density at radius 2 is 2.07 bits per heavy atom. The number of hydrogen-bond donors (Lipinski definition) is 2. The normalized spacial score (nSPS) is 17.0. The Balaban J connectivity index is 4.64. The van der Waals surface area contributed by atoms with Crippen molar-refractivity contribution in [2.45, 2.75) is 39.0 Å². The van der Waals surface area contributed by atoms with Gasteiger partial charge in [-0.3, -0.25) is 9.69 Å². The molecule has 0 fully saturated rings. The molecular weight excluding hydrogens is 192 g/mol. The van der Waals surface area contributed by atoms with E-state index in [1.807, 2.05) is 6.92 Å². The number of likely N-dealkylation sites (N-methyl/N-ethyl adjacent to an activating group) is 1. The number of carbonyl (C=O) groups excluding carboxylic acids is 1. The van der Waals surface area contributed by atoms with Crippen LogP contribution in [0.1, 0.15) is 27.2 Å². The predicted molar refractivity (Wildman–Crippen MR) is 61.3 cm³/mol. The van der Waals surface area contributed by atoms with Crippen molar-refractivity contribution in [1.82, 2.24) is 10.2 Å². The fraction of sp³-hybridized carbons (Fsp3) is 0.727. The van der Waals surface area contributed by atoms with E-state index < -0.39 is 5.72 Å².